The Morgan fingerprint density at radius 2 is 1.58 bits per heavy atom. The Morgan fingerprint density at radius 1 is 0.939 bits per heavy atom. The number of carbonyl (C=O) groups is 1. The summed E-state index contributed by atoms with van der Waals surface area (Å²) in [5.74, 6) is 0.0438. The number of imidazole rings is 1. The molecule has 33 heavy (non-hydrogen) atoms. The molecule has 0 aliphatic carbocycles. The van der Waals surface area contributed by atoms with Gasteiger partial charge in [-0.1, -0.05) is 81.8 Å². The van der Waals surface area contributed by atoms with Crippen LogP contribution in [0.25, 0.3) is 11.1 Å². The molecule has 1 N–H and O–H groups in total. The van der Waals surface area contributed by atoms with Crippen LogP contribution in [0.1, 0.15) is 62.2 Å². The summed E-state index contributed by atoms with van der Waals surface area (Å²) in [6.45, 7) is 9.66. The van der Waals surface area contributed by atoms with Crippen molar-refractivity contribution in [2.24, 2.45) is 11.8 Å². The van der Waals surface area contributed by atoms with Crippen molar-refractivity contribution in [2.45, 2.75) is 60.0 Å². The average molecular weight is 469 g/mol. The summed E-state index contributed by atoms with van der Waals surface area (Å²) in [5, 5.41) is 10.0. The van der Waals surface area contributed by atoms with E-state index >= 15 is 0 Å². The van der Waals surface area contributed by atoms with Gasteiger partial charge < -0.3 is 5.11 Å². The largest absolute Gasteiger partial charge is 0.478 e. The molecule has 0 radical (unpaired) electrons. The van der Waals surface area contributed by atoms with E-state index in [1.165, 1.54) is 0 Å². The van der Waals surface area contributed by atoms with Crippen molar-refractivity contribution in [2.75, 3.05) is 0 Å². The molecule has 0 atom stereocenters. The molecule has 3 rings (SSSR count). The third-order valence-corrected chi connectivity index (χ3v) is 6.34. The van der Waals surface area contributed by atoms with Crippen LogP contribution in [0.3, 0.4) is 0 Å². The normalized spacial score (nSPS) is 11.5. The molecule has 0 amide bonds. The smallest absolute Gasteiger partial charge is 0.336 e. The summed E-state index contributed by atoms with van der Waals surface area (Å²) >= 11 is 6.71. The van der Waals surface area contributed by atoms with Gasteiger partial charge in [-0.05, 0) is 53.9 Å². The molecule has 0 saturated carbocycles. The highest BCUT2D eigenvalue weighted by Gasteiger charge is 2.19. The van der Waals surface area contributed by atoms with Crippen LogP contribution in [-0.4, -0.2) is 20.2 Å². The lowest BCUT2D eigenvalue weighted by atomic mass is 9.98. The number of carboxylic acid groups (broad SMARTS) is 1. The van der Waals surface area contributed by atoms with Crippen molar-refractivity contribution < 1.29 is 9.90 Å². The first-order valence-corrected chi connectivity index (χ1v) is 12.0. The second-order valence-electron chi connectivity index (χ2n) is 9.42. The fourth-order valence-corrected chi connectivity index (χ4v) is 4.27. The zero-order valence-electron chi connectivity index (χ0n) is 19.8. The van der Waals surface area contributed by atoms with Gasteiger partial charge in [-0.15, -0.1) is 0 Å². The predicted octanol–water partition coefficient (Wildman–Crippen LogP) is 6.35. The van der Waals surface area contributed by atoms with Gasteiger partial charge in [0.15, 0.2) is 0 Å². The van der Waals surface area contributed by atoms with Crippen LogP contribution in [-0.2, 0) is 19.5 Å². The fraction of sp³-hybridized carbons (Fsp3) is 0.407. The third-order valence-electron chi connectivity index (χ3n) is 5.91. The van der Waals surface area contributed by atoms with Gasteiger partial charge in [0, 0.05) is 6.54 Å². The number of hydrogen-bond acceptors (Lipinski definition) is 2. The lowest BCUT2D eigenvalue weighted by Crippen LogP contribution is -2.26. The number of rotatable bonds is 10. The Kier molecular flexibility index (Phi) is 8.20. The third kappa shape index (κ3) is 5.97. The van der Waals surface area contributed by atoms with E-state index in [-0.39, 0.29) is 11.3 Å². The van der Waals surface area contributed by atoms with Crippen molar-refractivity contribution >= 4 is 17.6 Å². The standard InChI is InChI=1S/C27H33ClN2O3/c1-18(2)9-14-24-25(28)29(16-15-19(3)4)27(33)30(24)17-20-10-12-21(13-11-20)22-7-5-6-8-23(22)26(31)32/h5-8,10-13,18-19H,9,14-17H2,1-4H3,(H,31,32). The molecule has 176 valence electrons. The van der Waals surface area contributed by atoms with Gasteiger partial charge >= 0.3 is 11.7 Å². The number of benzene rings is 2. The molecule has 0 unspecified atom stereocenters. The second-order valence-corrected chi connectivity index (χ2v) is 9.78. The number of carboxylic acids is 1. The average Bonchev–Trinajstić information content (AvgIpc) is 2.99. The van der Waals surface area contributed by atoms with E-state index in [0.29, 0.717) is 35.6 Å². The van der Waals surface area contributed by atoms with E-state index in [9.17, 15) is 14.7 Å². The number of halogens is 1. The van der Waals surface area contributed by atoms with E-state index in [2.05, 4.69) is 27.7 Å². The van der Waals surface area contributed by atoms with Crippen molar-refractivity contribution in [1.82, 2.24) is 9.13 Å². The summed E-state index contributed by atoms with van der Waals surface area (Å²) < 4.78 is 3.50. The first kappa shape index (κ1) is 24.8. The molecule has 5 nitrogen and oxygen atoms in total. The maximum atomic E-state index is 13.3. The highest BCUT2D eigenvalue weighted by Crippen LogP contribution is 2.25. The molecule has 1 heterocycles. The summed E-state index contributed by atoms with van der Waals surface area (Å²) in [7, 11) is 0. The fourth-order valence-electron chi connectivity index (χ4n) is 3.91. The minimum Gasteiger partial charge on any atom is -0.478 e. The maximum Gasteiger partial charge on any atom is 0.336 e. The van der Waals surface area contributed by atoms with Gasteiger partial charge in [-0.2, -0.15) is 0 Å². The Morgan fingerprint density at radius 3 is 2.18 bits per heavy atom. The topological polar surface area (TPSA) is 64.2 Å². The van der Waals surface area contributed by atoms with E-state index in [1.807, 2.05) is 36.4 Å². The van der Waals surface area contributed by atoms with Crippen LogP contribution >= 0.6 is 11.6 Å². The van der Waals surface area contributed by atoms with E-state index in [4.69, 9.17) is 11.6 Å². The SMILES string of the molecule is CC(C)CCc1c(Cl)n(CCC(C)C)c(=O)n1Cc1ccc(-c2ccccc2C(=O)O)cc1. The Hall–Kier alpha value is -2.79. The van der Waals surface area contributed by atoms with Crippen LogP contribution in [0.5, 0.6) is 0 Å². The van der Waals surface area contributed by atoms with Crippen molar-refractivity contribution in [1.29, 1.82) is 0 Å². The van der Waals surface area contributed by atoms with Crippen LogP contribution in [0.2, 0.25) is 5.15 Å². The highest BCUT2D eigenvalue weighted by molar-refractivity contribution is 6.30. The van der Waals surface area contributed by atoms with Gasteiger partial charge in [0.05, 0.1) is 17.8 Å². The van der Waals surface area contributed by atoms with Crippen LogP contribution in [0.4, 0.5) is 0 Å². The molecule has 3 aromatic rings. The first-order chi connectivity index (χ1) is 15.7. The lowest BCUT2D eigenvalue weighted by Gasteiger charge is -2.11. The van der Waals surface area contributed by atoms with Crippen LogP contribution in [0.15, 0.2) is 53.3 Å². The van der Waals surface area contributed by atoms with Crippen molar-refractivity contribution in [3.63, 3.8) is 0 Å². The van der Waals surface area contributed by atoms with Crippen molar-refractivity contribution in [3.8, 4) is 11.1 Å². The first-order valence-electron chi connectivity index (χ1n) is 11.6. The van der Waals surface area contributed by atoms with Gasteiger partial charge in [-0.25, -0.2) is 9.59 Å². The van der Waals surface area contributed by atoms with E-state index in [0.717, 1.165) is 36.1 Å². The monoisotopic (exact) mass is 468 g/mol. The number of nitrogens with zero attached hydrogens (tertiary/aromatic N) is 2. The quantitative estimate of drug-likeness (QED) is 0.377. The molecule has 0 spiro atoms. The minimum atomic E-state index is -0.951. The predicted molar refractivity (Wildman–Crippen MR) is 134 cm³/mol. The van der Waals surface area contributed by atoms with Gasteiger partial charge in [0.2, 0.25) is 0 Å². The molecular formula is C27H33ClN2O3. The summed E-state index contributed by atoms with van der Waals surface area (Å²) in [4.78, 5) is 24.8. The summed E-state index contributed by atoms with van der Waals surface area (Å²) in [6, 6.07) is 14.7. The molecule has 0 fully saturated rings. The Labute approximate surface area is 200 Å². The van der Waals surface area contributed by atoms with Gasteiger partial charge in [0.1, 0.15) is 5.15 Å². The molecule has 0 aliphatic heterocycles. The number of aromatic carboxylic acids is 1. The van der Waals surface area contributed by atoms with Gasteiger partial charge in [0.25, 0.3) is 0 Å². The van der Waals surface area contributed by atoms with E-state index in [1.54, 1.807) is 21.3 Å². The van der Waals surface area contributed by atoms with Crippen LogP contribution in [0, 0.1) is 11.8 Å². The number of hydrogen-bond donors (Lipinski definition) is 1. The lowest BCUT2D eigenvalue weighted by molar-refractivity contribution is 0.0697. The molecule has 0 aliphatic rings. The van der Waals surface area contributed by atoms with Crippen molar-refractivity contribution in [3.05, 3.63) is 81.0 Å². The number of aromatic nitrogens is 2. The zero-order valence-corrected chi connectivity index (χ0v) is 20.6. The maximum absolute atomic E-state index is 13.3. The minimum absolute atomic E-state index is 0.0697. The molecule has 1 aromatic heterocycles. The summed E-state index contributed by atoms with van der Waals surface area (Å²) in [6.07, 6.45) is 2.60. The van der Waals surface area contributed by atoms with E-state index < -0.39 is 5.97 Å². The zero-order chi connectivity index (χ0) is 24.1. The second kappa shape index (κ2) is 10.9. The van der Waals surface area contributed by atoms with Gasteiger partial charge in [-0.3, -0.25) is 9.13 Å². The van der Waals surface area contributed by atoms with Crippen LogP contribution < -0.4 is 5.69 Å². The molecule has 2 aromatic carbocycles. The summed E-state index contributed by atoms with van der Waals surface area (Å²) in [5.41, 5.74) is 3.56. The molecule has 0 bridgehead atoms. The Balaban J connectivity index is 1.93. The molecular weight excluding hydrogens is 436 g/mol. The Bertz CT molecular complexity index is 1160. The molecule has 6 heteroatoms. The highest BCUT2D eigenvalue weighted by atomic mass is 35.5. The molecule has 0 saturated heterocycles.